The molecule has 2 nitrogen and oxygen atoms in total. The van der Waals surface area contributed by atoms with Gasteiger partial charge in [0.15, 0.2) is 0 Å². The van der Waals surface area contributed by atoms with E-state index >= 15 is 0 Å². The first-order chi connectivity index (χ1) is 13.6. The summed E-state index contributed by atoms with van der Waals surface area (Å²) < 4.78 is 0. The predicted octanol–water partition coefficient (Wildman–Crippen LogP) is 6.41. The summed E-state index contributed by atoms with van der Waals surface area (Å²) in [6.07, 6.45) is 10.5. The average molecular weight is 379 g/mol. The van der Waals surface area contributed by atoms with Crippen LogP contribution in [-0.2, 0) is 13.0 Å². The first kappa shape index (κ1) is 22.2. The summed E-state index contributed by atoms with van der Waals surface area (Å²) in [5, 5.41) is 0. The highest BCUT2D eigenvalue weighted by Gasteiger charge is 2.05. The normalized spacial score (nSPS) is 11.5. The Bertz CT molecular complexity index is 693. The number of hydrogen-bond donors (Lipinski definition) is 0. The fraction of sp³-hybridized carbons (Fsp3) is 0.462. The van der Waals surface area contributed by atoms with E-state index in [9.17, 15) is 0 Å². The maximum Gasteiger partial charge on any atom is 0.0366 e. The largest absolute Gasteiger partial charge is 0.372 e. The zero-order chi connectivity index (χ0) is 20.2. The summed E-state index contributed by atoms with van der Waals surface area (Å²) in [7, 11) is 4.22. The summed E-state index contributed by atoms with van der Waals surface area (Å²) >= 11 is 0. The minimum atomic E-state index is 0.974. The highest BCUT2D eigenvalue weighted by molar-refractivity contribution is 5.52. The van der Waals surface area contributed by atoms with E-state index in [4.69, 9.17) is 0 Å². The van der Waals surface area contributed by atoms with Crippen molar-refractivity contribution in [3.8, 4) is 0 Å². The van der Waals surface area contributed by atoms with Crippen molar-refractivity contribution in [2.24, 2.45) is 0 Å². The summed E-state index contributed by atoms with van der Waals surface area (Å²) in [4.78, 5) is 4.75. The third kappa shape index (κ3) is 7.90. The van der Waals surface area contributed by atoms with Crippen molar-refractivity contribution in [3.05, 3.63) is 71.3 Å². The fourth-order valence-electron chi connectivity index (χ4n) is 3.40. The quantitative estimate of drug-likeness (QED) is 0.421. The van der Waals surface area contributed by atoms with E-state index in [1.165, 1.54) is 61.2 Å². The second-order valence-electron chi connectivity index (χ2n) is 7.95. The molecule has 0 bridgehead atoms. The Morgan fingerprint density at radius 1 is 0.821 bits per heavy atom. The van der Waals surface area contributed by atoms with E-state index in [0.717, 1.165) is 13.0 Å². The fourth-order valence-corrected chi connectivity index (χ4v) is 3.40. The van der Waals surface area contributed by atoms with Crippen molar-refractivity contribution in [1.29, 1.82) is 0 Å². The summed E-state index contributed by atoms with van der Waals surface area (Å²) in [6.45, 7) is 7.85. The molecule has 0 amide bonds. The van der Waals surface area contributed by atoms with Crippen LogP contribution in [0, 0.1) is 0 Å². The van der Waals surface area contributed by atoms with Gasteiger partial charge in [-0.05, 0) is 62.2 Å². The van der Waals surface area contributed by atoms with E-state index < -0.39 is 0 Å². The van der Waals surface area contributed by atoms with E-state index in [2.05, 4.69) is 98.4 Å². The Labute approximate surface area is 172 Å². The molecule has 28 heavy (non-hydrogen) atoms. The van der Waals surface area contributed by atoms with Crippen LogP contribution in [0.1, 0.15) is 56.2 Å². The number of allylic oxidation sites excluding steroid dienone is 1. The van der Waals surface area contributed by atoms with E-state index in [0.29, 0.717) is 0 Å². The molecule has 0 saturated heterocycles. The molecule has 0 N–H and O–H groups in total. The molecule has 2 heteroatoms. The van der Waals surface area contributed by atoms with Crippen LogP contribution in [-0.4, -0.2) is 32.1 Å². The molecule has 0 aliphatic rings. The molecule has 0 aliphatic carbocycles. The smallest absolute Gasteiger partial charge is 0.0366 e. The molecule has 2 aromatic rings. The number of benzene rings is 2. The molecule has 2 aromatic carbocycles. The van der Waals surface area contributed by atoms with Crippen molar-refractivity contribution in [2.45, 2.75) is 52.5 Å². The number of hydrogen-bond acceptors (Lipinski definition) is 2. The van der Waals surface area contributed by atoms with Crippen molar-refractivity contribution in [3.63, 3.8) is 0 Å². The Morgan fingerprint density at radius 3 is 2.11 bits per heavy atom. The van der Waals surface area contributed by atoms with Gasteiger partial charge in [-0.2, -0.15) is 0 Å². The lowest BCUT2D eigenvalue weighted by Gasteiger charge is -2.24. The Balaban J connectivity index is 1.95. The molecule has 0 unspecified atom stereocenters. The van der Waals surface area contributed by atoms with Gasteiger partial charge in [0.1, 0.15) is 0 Å². The van der Waals surface area contributed by atoms with Crippen LogP contribution < -0.4 is 4.90 Å². The molecular formula is C26H38N2. The van der Waals surface area contributed by atoms with Crippen LogP contribution in [0.5, 0.6) is 0 Å². The minimum absolute atomic E-state index is 0.974. The van der Waals surface area contributed by atoms with E-state index in [1.54, 1.807) is 0 Å². The molecule has 0 heterocycles. The van der Waals surface area contributed by atoms with Gasteiger partial charge in [-0.15, -0.1) is 0 Å². The molecular weight excluding hydrogens is 340 g/mol. The number of rotatable bonds is 12. The molecule has 0 aliphatic heterocycles. The topological polar surface area (TPSA) is 6.48 Å². The molecule has 0 saturated carbocycles. The first-order valence-corrected chi connectivity index (χ1v) is 10.9. The summed E-state index contributed by atoms with van der Waals surface area (Å²) in [6, 6.07) is 18.0. The lowest BCUT2D eigenvalue weighted by Crippen LogP contribution is -2.25. The van der Waals surface area contributed by atoms with Gasteiger partial charge in [0.2, 0.25) is 0 Å². The van der Waals surface area contributed by atoms with Gasteiger partial charge in [-0.25, -0.2) is 0 Å². The zero-order valence-corrected chi connectivity index (χ0v) is 18.3. The molecule has 0 spiro atoms. The summed E-state index contributed by atoms with van der Waals surface area (Å²) in [5.74, 6) is 0. The van der Waals surface area contributed by atoms with Gasteiger partial charge in [-0.1, -0.05) is 75.2 Å². The molecule has 0 atom stereocenters. The molecule has 0 fully saturated rings. The van der Waals surface area contributed by atoms with Gasteiger partial charge in [0, 0.05) is 25.3 Å². The SMILES string of the molecule is CCCCN(CCCC)c1ccc(CC=Cc2cccc(CN(C)C)c2)cc1. The lowest BCUT2D eigenvalue weighted by atomic mass is 10.1. The monoisotopic (exact) mass is 378 g/mol. The number of unbranched alkanes of at least 4 members (excludes halogenated alkanes) is 2. The van der Waals surface area contributed by atoms with Crippen LogP contribution in [0.25, 0.3) is 6.08 Å². The van der Waals surface area contributed by atoms with Gasteiger partial charge in [0.25, 0.3) is 0 Å². The Kier molecular flexibility index (Phi) is 9.85. The van der Waals surface area contributed by atoms with Crippen molar-refractivity contribution < 1.29 is 0 Å². The van der Waals surface area contributed by atoms with Gasteiger partial charge in [0.05, 0.1) is 0 Å². The maximum atomic E-state index is 2.54. The van der Waals surface area contributed by atoms with Crippen molar-refractivity contribution in [1.82, 2.24) is 4.90 Å². The van der Waals surface area contributed by atoms with E-state index in [-0.39, 0.29) is 0 Å². The third-order valence-corrected chi connectivity index (χ3v) is 4.98. The first-order valence-electron chi connectivity index (χ1n) is 10.9. The van der Waals surface area contributed by atoms with Crippen LogP contribution in [0.2, 0.25) is 0 Å². The Morgan fingerprint density at radius 2 is 1.50 bits per heavy atom. The third-order valence-electron chi connectivity index (χ3n) is 4.98. The molecule has 0 radical (unpaired) electrons. The second-order valence-corrected chi connectivity index (χ2v) is 7.95. The minimum Gasteiger partial charge on any atom is -0.372 e. The Hall–Kier alpha value is -2.06. The lowest BCUT2D eigenvalue weighted by molar-refractivity contribution is 0.402. The molecule has 2 rings (SSSR count). The van der Waals surface area contributed by atoms with Crippen LogP contribution in [0.15, 0.2) is 54.6 Å². The molecule has 152 valence electrons. The van der Waals surface area contributed by atoms with E-state index in [1.807, 2.05) is 0 Å². The summed E-state index contributed by atoms with van der Waals surface area (Å²) in [5.41, 5.74) is 5.37. The number of anilines is 1. The zero-order valence-electron chi connectivity index (χ0n) is 18.3. The van der Waals surface area contributed by atoms with Crippen LogP contribution in [0.3, 0.4) is 0 Å². The van der Waals surface area contributed by atoms with Gasteiger partial charge in [-0.3, -0.25) is 0 Å². The molecule has 0 aromatic heterocycles. The highest BCUT2D eigenvalue weighted by atomic mass is 15.1. The predicted molar refractivity (Wildman–Crippen MR) is 125 cm³/mol. The van der Waals surface area contributed by atoms with Gasteiger partial charge >= 0.3 is 0 Å². The standard InChI is InChI=1S/C26H38N2/c1-5-7-19-28(20-8-6-2)26-17-15-23(16-18-26)11-9-12-24-13-10-14-25(21-24)22-27(3)4/h9-10,12-18,21H,5-8,11,19-20,22H2,1-4H3. The van der Waals surface area contributed by atoms with Crippen LogP contribution >= 0.6 is 0 Å². The maximum absolute atomic E-state index is 2.54. The second kappa shape index (κ2) is 12.4. The highest BCUT2D eigenvalue weighted by Crippen LogP contribution is 2.18. The number of nitrogens with zero attached hydrogens (tertiary/aromatic N) is 2. The van der Waals surface area contributed by atoms with Crippen LogP contribution in [0.4, 0.5) is 5.69 Å². The van der Waals surface area contributed by atoms with Crippen molar-refractivity contribution in [2.75, 3.05) is 32.1 Å². The van der Waals surface area contributed by atoms with Crippen molar-refractivity contribution >= 4 is 11.8 Å². The van der Waals surface area contributed by atoms with Gasteiger partial charge < -0.3 is 9.80 Å². The average Bonchev–Trinajstić information content (AvgIpc) is 2.69.